The van der Waals surface area contributed by atoms with Crippen molar-refractivity contribution in [1.29, 1.82) is 0 Å². The van der Waals surface area contributed by atoms with Crippen LogP contribution in [0.25, 0.3) is 0 Å². The van der Waals surface area contributed by atoms with Crippen LogP contribution >= 0.6 is 0 Å². The number of benzene rings is 1. The minimum absolute atomic E-state index is 0.534. The Balaban J connectivity index is 1.64. The fourth-order valence-corrected chi connectivity index (χ4v) is 4.97. The Labute approximate surface area is 143 Å². The van der Waals surface area contributed by atoms with Crippen molar-refractivity contribution in [2.45, 2.75) is 18.9 Å². The lowest BCUT2D eigenvalue weighted by atomic mass is 9.87. The van der Waals surface area contributed by atoms with Crippen LogP contribution < -0.4 is 4.90 Å². The molecule has 1 aromatic carbocycles. The third-order valence-corrected chi connectivity index (χ3v) is 6.01. The molecule has 0 aromatic heterocycles. The van der Waals surface area contributed by atoms with Crippen molar-refractivity contribution in [1.82, 2.24) is 4.90 Å². The topological polar surface area (TPSA) is 15.7 Å². The molecular weight excluding hydrogens is 296 g/mol. The normalized spacial score (nSPS) is 27.7. The maximum Gasteiger partial charge on any atom is 0.0589 e. The predicted octanol–water partition coefficient (Wildman–Crippen LogP) is 3.15. The molecule has 0 unspecified atom stereocenters. The first-order chi connectivity index (χ1) is 11.9. The number of hydrogen-bond acceptors (Lipinski definition) is 3. The molecule has 2 aliphatic heterocycles. The molecule has 0 bridgehead atoms. The van der Waals surface area contributed by atoms with E-state index < -0.39 is 0 Å². The van der Waals surface area contributed by atoms with Gasteiger partial charge in [0, 0.05) is 44.0 Å². The average molecular weight is 320 g/mol. The summed E-state index contributed by atoms with van der Waals surface area (Å²) in [6.45, 7) is 4.05. The fourth-order valence-electron chi connectivity index (χ4n) is 4.97. The predicted molar refractivity (Wildman–Crippen MR) is 97.1 cm³/mol. The first kappa shape index (κ1) is 14.5. The van der Waals surface area contributed by atoms with E-state index in [0.717, 1.165) is 32.7 Å². The Morgan fingerprint density at radius 2 is 2.12 bits per heavy atom. The molecule has 124 valence electrons. The van der Waals surface area contributed by atoms with Crippen molar-refractivity contribution in [3.8, 4) is 0 Å². The maximum absolute atomic E-state index is 5.36. The maximum atomic E-state index is 5.36. The van der Waals surface area contributed by atoms with E-state index in [1.165, 1.54) is 23.2 Å². The Bertz CT molecular complexity index is 761. The summed E-state index contributed by atoms with van der Waals surface area (Å²) in [7, 11) is 1.80. The highest BCUT2D eigenvalue weighted by Crippen LogP contribution is 2.49. The van der Waals surface area contributed by atoms with Crippen LogP contribution in [0.5, 0.6) is 0 Å². The van der Waals surface area contributed by atoms with Crippen molar-refractivity contribution >= 4 is 5.69 Å². The summed E-state index contributed by atoms with van der Waals surface area (Å²) in [6, 6.07) is 9.51. The molecule has 4 aliphatic rings. The second kappa shape index (κ2) is 5.61. The smallest absolute Gasteiger partial charge is 0.0589 e. The van der Waals surface area contributed by atoms with Crippen molar-refractivity contribution in [2.75, 3.05) is 38.3 Å². The number of para-hydroxylation sites is 1. The van der Waals surface area contributed by atoms with Gasteiger partial charge in [-0.2, -0.15) is 0 Å². The van der Waals surface area contributed by atoms with Crippen LogP contribution in [0.1, 0.15) is 12.0 Å². The molecule has 2 atom stereocenters. The lowest BCUT2D eigenvalue weighted by molar-refractivity contribution is 0.121. The molecular formula is C21H24N2O. The van der Waals surface area contributed by atoms with Gasteiger partial charge in [0.05, 0.1) is 12.6 Å². The molecule has 1 fully saturated rings. The Morgan fingerprint density at radius 1 is 1.21 bits per heavy atom. The lowest BCUT2D eigenvalue weighted by Crippen LogP contribution is -2.51. The van der Waals surface area contributed by atoms with Crippen LogP contribution in [0, 0.1) is 5.92 Å². The Hall–Kier alpha value is -1.84. The Morgan fingerprint density at radius 3 is 3.04 bits per heavy atom. The summed E-state index contributed by atoms with van der Waals surface area (Å²) in [4.78, 5) is 5.26. The van der Waals surface area contributed by atoms with Gasteiger partial charge >= 0.3 is 0 Å². The minimum atomic E-state index is 0.534. The standard InChI is InChI=1S/C21H24N2O/c1-24-12-11-22-9-10-23-18-8-3-2-5-15(18)13-16-6-4-7-17-14-19(22)21(23)20(16)17/h2-8,17,19H,9-14H2,1H3/t17-,19-/m1/s1. The van der Waals surface area contributed by atoms with Crippen molar-refractivity contribution < 1.29 is 4.74 Å². The number of fused-ring (bicyclic) bond motifs is 2. The van der Waals surface area contributed by atoms with Crippen LogP contribution in [0.2, 0.25) is 0 Å². The van der Waals surface area contributed by atoms with Crippen molar-refractivity contribution in [3.05, 3.63) is 64.9 Å². The summed E-state index contributed by atoms with van der Waals surface area (Å²) >= 11 is 0. The summed E-state index contributed by atoms with van der Waals surface area (Å²) in [5.74, 6) is 0.588. The number of anilines is 1. The lowest BCUT2D eigenvalue weighted by Gasteiger charge is -2.43. The third kappa shape index (κ3) is 2.04. The number of ether oxygens (including phenoxy) is 1. The molecule has 2 heterocycles. The summed E-state index contributed by atoms with van der Waals surface area (Å²) in [5, 5.41) is 0. The zero-order chi connectivity index (χ0) is 16.1. The van der Waals surface area contributed by atoms with Gasteiger partial charge in [0.2, 0.25) is 0 Å². The average Bonchev–Trinajstić information content (AvgIpc) is 2.94. The number of rotatable bonds is 3. The van der Waals surface area contributed by atoms with Gasteiger partial charge in [-0.3, -0.25) is 4.90 Å². The number of methoxy groups -OCH3 is 1. The van der Waals surface area contributed by atoms with Gasteiger partial charge < -0.3 is 9.64 Å². The van der Waals surface area contributed by atoms with Crippen LogP contribution in [-0.2, 0) is 11.2 Å². The van der Waals surface area contributed by atoms with Crippen LogP contribution in [0.15, 0.2) is 59.3 Å². The number of allylic oxidation sites excluding steroid dienone is 5. The van der Waals surface area contributed by atoms with Crippen LogP contribution in [0.4, 0.5) is 5.69 Å². The zero-order valence-corrected chi connectivity index (χ0v) is 14.2. The molecule has 0 spiro atoms. The van der Waals surface area contributed by atoms with Gasteiger partial charge in [-0.15, -0.1) is 0 Å². The highest BCUT2D eigenvalue weighted by molar-refractivity contribution is 5.68. The summed E-state index contributed by atoms with van der Waals surface area (Å²) in [6.07, 6.45) is 9.32. The van der Waals surface area contributed by atoms with E-state index in [4.69, 9.17) is 4.74 Å². The van der Waals surface area contributed by atoms with E-state index in [2.05, 4.69) is 52.3 Å². The Kier molecular flexibility index (Phi) is 3.39. The van der Waals surface area contributed by atoms with Gasteiger partial charge in [-0.25, -0.2) is 0 Å². The first-order valence-corrected chi connectivity index (χ1v) is 9.07. The van der Waals surface area contributed by atoms with E-state index in [1.807, 2.05) is 0 Å². The first-order valence-electron chi connectivity index (χ1n) is 9.07. The van der Waals surface area contributed by atoms with Crippen molar-refractivity contribution in [3.63, 3.8) is 0 Å². The van der Waals surface area contributed by atoms with E-state index >= 15 is 0 Å². The van der Waals surface area contributed by atoms with Crippen LogP contribution in [-0.4, -0.2) is 44.3 Å². The second-order valence-electron chi connectivity index (χ2n) is 7.22. The monoisotopic (exact) mass is 320 g/mol. The third-order valence-electron chi connectivity index (χ3n) is 6.01. The van der Waals surface area contributed by atoms with Crippen molar-refractivity contribution in [2.24, 2.45) is 5.92 Å². The number of hydrogen-bond donors (Lipinski definition) is 0. The molecule has 5 rings (SSSR count). The highest BCUT2D eigenvalue weighted by Gasteiger charge is 2.44. The minimum Gasteiger partial charge on any atom is -0.383 e. The molecule has 3 nitrogen and oxygen atoms in total. The molecule has 1 aromatic rings. The highest BCUT2D eigenvalue weighted by atomic mass is 16.5. The second-order valence-corrected chi connectivity index (χ2v) is 7.22. The van der Waals surface area contributed by atoms with E-state index in [1.54, 1.807) is 18.4 Å². The molecule has 3 heteroatoms. The molecule has 1 saturated heterocycles. The number of piperazine rings is 1. The number of nitrogens with zero attached hydrogens (tertiary/aromatic N) is 2. The molecule has 0 radical (unpaired) electrons. The quantitative estimate of drug-likeness (QED) is 0.851. The molecule has 2 aliphatic carbocycles. The summed E-state index contributed by atoms with van der Waals surface area (Å²) < 4.78 is 5.36. The van der Waals surface area contributed by atoms with Crippen LogP contribution in [0.3, 0.4) is 0 Å². The summed E-state index contributed by atoms with van der Waals surface area (Å²) in [5.41, 5.74) is 7.61. The van der Waals surface area contributed by atoms with Gasteiger partial charge in [-0.1, -0.05) is 36.4 Å². The molecule has 0 saturated carbocycles. The van der Waals surface area contributed by atoms with Gasteiger partial charge in [0.15, 0.2) is 0 Å². The van der Waals surface area contributed by atoms with E-state index in [9.17, 15) is 0 Å². The molecule has 24 heavy (non-hydrogen) atoms. The molecule has 0 N–H and O–H groups in total. The van der Waals surface area contributed by atoms with Gasteiger partial charge in [0.1, 0.15) is 0 Å². The van der Waals surface area contributed by atoms with E-state index in [-0.39, 0.29) is 0 Å². The van der Waals surface area contributed by atoms with Gasteiger partial charge in [-0.05, 0) is 35.6 Å². The molecule has 0 amide bonds. The van der Waals surface area contributed by atoms with Gasteiger partial charge in [0.25, 0.3) is 0 Å². The largest absolute Gasteiger partial charge is 0.383 e. The zero-order valence-electron chi connectivity index (χ0n) is 14.2. The van der Waals surface area contributed by atoms with E-state index in [0.29, 0.717) is 12.0 Å². The fraction of sp³-hybridized carbons (Fsp3) is 0.429. The SMILES string of the molecule is COCCN1CCN2C3=C4C(=CC=C[C@@H]4C[C@H]31)Cc1ccccc12.